The Morgan fingerprint density at radius 2 is 1.57 bits per heavy atom. The Morgan fingerprint density at radius 3 is 2.24 bits per heavy atom. The molecule has 0 atom stereocenters. The average Bonchev–Trinajstić information content (AvgIpc) is 3.16. The molecule has 0 saturated carbocycles. The molecule has 2 aliphatic rings. The molecule has 0 spiro atoms. The van der Waals surface area contributed by atoms with E-state index in [-0.39, 0.29) is 18.8 Å². The van der Waals surface area contributed by atoms with Crippen LogP contribution in [0.4, 0.5) is 29.3 Å². The lowest BCUT2D eigenvalue weighted by atomic mass is 10.1. The molecule has 5 rings (SSSR count). The van der Waals surface area contributed by atoms with Crippen LogP contribution < -0.4 is 9.80 Å². The van der Waals surface area contributed by atoms with Gasteiger partial charge in [-0.1, -0.05) is 6.07 Å². The van der Waals surface area contributed by atoms with Gasteiger partial charge < -0.3 is 9.80 Å². The molecule has 3 aromatic rings. The van der Waals surface area contributed by atoms with Crippen molar-refractivity contribution in [1.29, 1.82) is 0 Å². The SMILES string of the molecule is O=C1CN(Cc2ccnc3cc(N4CCCCC4)ccc23)C(=O)N1c1ccc(S(=O)(=O)C(F)(F)F)cc1. The zero-order valence-corrected chi connectivity index (χ0v) is 20.4. The second-order valence-corrected chi connectivity index (χ2v) is 11.0. The number of aromatic nitrogens is 1. The van der Waals surface area contributed by atoms with Crippen molar-refractivity contribution in [3.63, 3.8) is 0 Å². The highest BCUT2D eigenvalue weighted by molar-refractivity contribution is 7.92. The highest BCUT2D eigenvalue weighted by Crippen LogP contribution is 2.32. The highest BCUT2D eigenvalue weighted by Gasteiger charge is 2.47. The number of benzene rings is 2. The standard InChI is InChI=1S/C25H23F3N4O4S/c26-25(27,28)37(35,36)20-7-4-18(5-8-20)32-23(33)16-31(24(32)34)15-17-10-11-29-22-14-19(6-9-21(17)22)30-12-2-1-3-13-30/h4-11,14H,1-3,12-13,15-16H2. The van der Waals surface area contributed by atoms with E-state index in [0.29, 0.717) is 0 Å². The van der Waals surface area contributed by atoms with Crippen LogP contribution in [0.5, 0.6) is 0 Å². The van der Waals surface area contributed by atoms with Crippen LogP contribution in [0.3, 0.4) is 0 Å². The number of fused-ring (bicyclic) bond motifs is 1. The molecule has 2 aromatic carbocycles. The van der Waals surface area contributed by atoms with E-state index in [9.17, 15) is 31.2 Å². The average molecular weight is 533 g/mol. The van der Waals surface area contributed by atoms with Crippen molar-refractivity contribution >= 4 is 44.1 Å². The molecule has 0 N–H and O–H groups in total. The Labute approximate surface area is 211 Å². The van der Waals surface area contributed by atoms with Gasteiger partial charge in [0, 0.05) is 36.9 Å². The summed E-state index contributed by atoms with van der Waals surface area (Å²) in [6.45, 7) is 1.89. The van der Waals surface area contributed by atoms with Crippen LogP contribution in [0, 0.1) is 0 Å². The van der Waals surface area contributed by atoms with Crippen LogP contribution >= 0.6 is 0 Å². The molecule has 37 heavy (non-hydrogen) atoms. The van der Waals surface area contributed by atoms with Gasteiger partial charge in [-0.15, -0.1) is 0 Å². The van der Waals surface area contributed by atoms with E-state index in [0.717, 1.165) is 77.3 Å². The molecule has 2 aliphatic heterocycles. The minimum absolute atomic E-state index is 0.00983. The van der Waals surface area contributed by atoms with Gasteiger partial charge in [-0.25, -0.2) is 18.1 Å². The zero-order valence-electron chi connectivity index (χ0n) is 19.6. The maximum atomic E-state index is 13.1. The fourth-order valence-corrected chi connectivity index (χ4v) is 5.49. The van der Waals surface area contributed by atoms with Crippen molar-refractivity contribution < 1.29 is 31.2 Å². The van der Waals surface area contributed by atoms with E-state index in [2.05, 4.69) is 9.88 Å². The quantitative estimate of drug-likeness (QED) is 0.450. The van der Waals surface area contributed by atoms with Crippen LogP contribution in [-0.4, -0.2) is 55.4 Å². The minimum atomic E-state index is -5.53. The monoisotopic (exact) mass is 532 g/mol. The first kappa shape index (κ1) is 25.0. The van der Waals surface area contributed by atoms with Crippen LogP contribution in [0.25, 0.3) is 10.9 Å². The Morgan fingerprint density at radius 1 is 0.892 bits per heavy atom. The number of piperidine rings is 1. The van der Waals surface area contributed by atoms with Gasteiger partial charge in [0.1, 0.15) is 6.54 Å². The number of amides is 3. The number of alkyl halides is 3. The van der Waals surface area contributed by atoms with Gasteiger partial charge in [-0.05, 0) is 67.3 Å². The normalized spacial score (nSPS) is 17.2. The third-order valence-electron chi connectivity index (χ3n) is 6.65. The van der Waals surface area contributed by atoms with E-state index in [1.807, 2.05) is 18.2 Å². The number of hydrogen-bond acceptors (Lipinski definition) is 6. The van der Waals surface area contributed by atoms with Gasteiger partial charge in [-0.2, -0.15) is 13.2 Å². The van der Waals surface area contributed by atoms with Gasteiger partial charge in [-0.3, -0.25) is 9.78 Å². The van der Waals surface area contributed by atoms with Crippen LogP contribution in [0.1, 0.15) is 24.8 Å². The number of carbonyl (C=O) groups excluding carboxylic acids is 2. The van der Waals surface area contributed by atoms with Crippen LogP contribution in [-0.2, 0) is 21.2 Å². The van der Waals surface area contributed by atoms with Gasteiger partial charge in [0.15, 0.2) is 0 Å². The first-order valence-electron chi connectivity index (χ1n) is 11.7. The second-order valence-electron chi connectivity index (χ2n) is 9.03. The molecule has 12 heteroatoms. The first-order chi connectivity index (χ1) is 17.6. The summed E-state index contributed by atoms with van der Waals surface area (Å²) in [4.78, 5) is 33.7. The van der Waals surface area contributed by atoms with Crippen molar-refractivity contribution in [2.45, 2.75) is 36.2 Å². The van der Waals surface area contributed by atoms with Gasteiger partial charge in [0.05, 0.1) is 16.1 Å². The maximum Gasteiger partial charge on any atom is 0.501 e. The van der Waals surface area contributed by atoms with Gasteiger partial charge in [0.2, 0.25) is 0 Å². The van der Waals surface area contributed by atoms with Gasteiger partial charge >= 0.3 is 11.5 Å². The highest BCUT2D eigenvalue weighted by atomic mass is 32.2. The summed E-state index contributed by atoms with van der Waals surface area (Å²) in [6.07, 6.45) is 5.17. The summed E-state index contributed by atoms with van der Waals surface area (Å²) >= 11 is 0. The lowest BCUT2D eigenvalue weighted by Gasteiger charge is -2.29. The topological polar surface area (TPSA) is 90.9 Å². The van der Waals surface area contributed by atoms with Crippen LogP contribution in [0.2, 0.25) is 0 Å². The van der Waals surface area contributed by atoms with Crippen LogP contribution in [0.15, 0.2) is 59.6 Å². The number of nitrogens with zero attached hydrogens (tertiary/aromatic N) is 4. The number of pyridine rings is 1. The Hall–Kier alpha value is -3.67. The number of urea groups is 1. The summed E-state index contributed by atoms with van der Waals surface area (Å²) in [5.74, 6) is -0.567. The van der Waals surface area contributed by atoms with Crippen molar-refractivity contribution in [1.82, 2.24) is 9.88 Å². The number of rotatable bonds is 5. The Bertz CT molecular complexity index is 1470. The molecule has 0 radical (unpaired) electrons. The largest absolute Gasteiger partial charge is 0.501 e. The summed E-state index contributed by atoms with van der Waals surface area (Å²) in [6, 6.07) is 10.6. The maximum absolute atomic E-state index is 13.1. The minimum Gasteiger partial charge on any atom is -0.371 e. The predicted octanol–water partition coefficient (Wildman–Crippen LogP) is 4.49. The summed E-state index contributed by atoms with van der Waals surface area (Å²) < 4.78 is 61.6. The summed E-state index contributed by atoms with van der Waals surface area (Å²) in [7, 11) is -5.53. The molecule has 3 amide bonds. The summed E-state index contributed by atoms with van der Waals surface area (Å²) in [5.41, 5.74) is -2.80. The van der Waals surface area contributed by atoms with E-state index >= 15 is 0 Å². The lowest BCUT2D eigenvalue weighted by Crippen LogP contribution is -2.33. The third-order valence-corrected chi connectivity index (χ3v) is 8.15. The fraction of sp³-hybridized carbons (Fsp3) is 0.320. The number of imide groups is 1. The molecular formula is C25H23F3N4O4S. The molecule has 194 valence electrons. The molecule has 1 aromatic heterocycles. The van der Waals surface area contributed by atoms with E-state index in [4.69, 9.17) is 0 Å². The predicted molar refractivity (Wildman–Crippen MR) is 131 cm³/mol. The number of halogens is 3. The van der Waals surface area contributed by atoms with Crippen molar-refractivity contribution in [2.24, 2.45) is 0 Å². The first-order valence-corrected chi connectivity index (χ1v) is 13.2. The van der Waals surface area contributed by atoms with E-state index < -0.39 is 32.2 Å². The number of sulfone groups is 1. The molecule has 2 saturated heterocycles. The fourth-order valence-electron chi connectivity index (χ4n) is 4.72. The van der Waals surface area contributed by atoms with Crippen molar-refractivity contribution in [2.75, 3.05) is 29.4 Å². The lowest BCUT2D eigenvalue weighted by molar-refractivity contribution is -0.116. The molecule has 8 nitrogen and oxygen atoms in total. The number of hydrogen-bond donors (Lipinski definition) is 0. The number of carbonyl (C=O) groups is 2. The smallest absolute Gasteiger partial charge is 0.371 e. The molecule has 0 aliphatic carbocycles. The molecule has 2 fully saturated rings. The summed E-state index contributed by atoms with van der Waals surface area (Å²) in [5, 5.41) is 0.851. The number of anilines is 2. The third kappa shape index (κ3) is 4.61. The van der Waals surface area contributed by atoms with Crippen molar-refractivity contribution in [3.05, 3.63) is 60.3 Å². The molecule has 3 heterocycles. The van der Waals surface area contributed by atoms with Gasteiger partial charge in [0.25, 0.3) is 15.7 Å². The zero-order chi connectivity index (χ0) is 26.4. The van der Waals surface area contributed by atoms with Crippen molar-refractivity contribution in [3.8, 4) is 0 Å². The molecular weight excluding hydrogens is 509 g/mol. The van der Waals surface area contributed by atoms with E-state index in [1.165, 1.54) is 11.3 Å². The Balaban J connectivity index is 1.36. The molecule has 0 unspecified atom stereocenters. The Kier molecular flexibility index (Phi) is 6.30. The van der Waals surface area contributed by atoms with E-state index in [1.54, 1.807) is 12.3 Å². The molecule has 0 bridgehead atoms. The second kappa shape index (κ2) is 9.33.